The molecule has 2 saturated heterocycles. The van der Waals surface area contributed by atoms with Crippen molar-refractivity contribution in [3.05, 3.63) is 95.8 Å². The molecule has 0 radical (unpaired) electrons. The molecule has 1 spiro atoms. The van der Waals surface area contributed by atoms with E-state index >= 15 is 0 Å². The zero-order valence-corrected chi connectivity index (χ0v) is 19.7. The van der Waals surface area contributed by atoms with Crippen molar-refractivity contribution in [3.63, 3.8) is 0 Å². The summed E-state index contributed by atoms with van der Waals surface area (Å²) in [5, 5.41) is 9.55. The summed E-state index contributed by atoms with van der Waals surface area (Å²) in [6.45, 7) is 2.89. The van der Waals surface area contributed by atoms with Crippen molar-refractivity contribution >= 4 is 11.9 Å². The van der Waals surface area contributed by atoms with Crippen LogP contribution in [0.15, 0.2) is 79.0 Å². The number of hydrogen-bond acceptors (Lipinski definition) is 5. The maximum atomic E-state index is 13.8. The van der Waals surface area contributed by atoms with Crippen LogP contribution >= 0.6 is 0 Å². The summed E-state index contributed by atoms with van der Waals surface area (Å²) in [4.78, 5) is 37.3. The summed E-state index contributed by atoms with van der Waals surface area (Å²) >= 11 is 0. The largest absolute Gasteiger partial charge is 0.508 e. The molecule has 7 nitrogen and oxygen atoms in total. The van der Waals surface area contributed by atoms with Gasteiger partial charge in [0.25, 0.3) is 5.91 Å². The summed E-state index contributed by atoms with van der Waals surface area (Å²) in [6.07, 6.45) is 3.59. The Kier molecular flexibility index (Phi) is 6.51. The normalized spacial score (nSPS) is 17.9. The molecule has 2 fully saturated rings. The van der Waals surface area contributed by atoms with Crippen molar-refractivity contribution in [3.8, 4) is 5.75 Å². The lowest BCUT2D eigenvalue weighted by Crippen LogP contribution is -2.56. The Hall–Kier alpha value is -3.71. The Morgan fingerprint density at radius 3 is 2.23 bits per heavy atom. The molecule has 0 bridgehead atoms. The number of carbonyl (C=O) groups is 2. The molecule has 3 heterocycles. The number of carbonyl (C=O) groups excluding carboxylic acids is 2. The third-order valence-corrected chi connectivity index (χ3v) is 7.16. The number of piperidine rings is 1. The van der Waals surface area contributed by atoms with Crippen LogP contribution in [0.4, 0.5) is 4.79 Å². The highest BCUT2D eigenvalue weighted by atomic mass is 16.3. The number of urea groups is 1. The Bertz CT molecular complexity index is 1160. The summed E-state index contributed by atoms with van der Waals surface area (Å²) in [5.41, 5.74) is 2.16. The van der Waals surface area contributed by atoms with Gasteiger partial charge in [-0.3, -0.25) is 19.6 Å². The van der Waals surface area contributed by atoms with Crippen LogP contribution in [0.3, 0.4) is 0 Å². The first-order valence-corrected chi connectivity index (χ1v) is 12.1. The number of pyridine rings is 1. The van der Waals surface area contributed by atoms with Crippen LogP contribution in [-0.2, 0) is 24.3 Å². The number of nitrogens with zero attached hydrogens (tertiary/aromatic N) is 4. The number of phenolic OH excluding ortho intramolecular Hbond substituents is 1. The minimum atomic E-state index is -0.813. The Morgan fingerprint density at radius 2 is 1.54 bits per heavy atom. The third kappa shape index (κ3) is 4.77. The fraction of sp³-hybridized carbons (Fsp3) is 0.321. The minimum absolute atomic E-state index is 0.106. The highest BCUT2D eigenvalue weighted by Crippen LogP contribution is 2.38. The zero-order chi connectivity index (χ0) is 24.3. The predicted octanol–water partition coefficient (Wildman–Crippen LogP) is 3.83. The van der Waals surface area contributed by atoms with Gasteiger partial charge in [-0.25, -0.2) is 4.79 Å². The molecule has 0 unspecified atom stereocenters. The Balaban J connectivity index is 1.34. The van der Waals surface area contributed by atoms with E-state index < -0.39 is 5.54 Å². The second-order valence-electron chi connectivity index (χ2n) is 9.36. The molecule has 3 amide bonds. The molecule has 2 aliphatic rings. The van der Waals surface area contributed by atoms with Gasteiger partial charge in [0, 0.05) is 32.4 Å². The van der Waals surface area contributed by atoms with E-state index in [1.54, 1.807) is 18.3 Å². The average Bonchev–Trinajstić information content (AvgIpc) is 3.07. The first kappa shape index (κ1) is 23.1. The van der Waals surface area contributed by atoms with Gasteiger partial charge in [0.15, 0.2) is 0 Å². The summed E-state index contributed by atoms with van der Waals surface area (Å²) < 4.78 is 0. The molecular weight excluding hydrogens is 440 g/mol. The standard InChI is InChI=1S/C28H30N4O3/c33-25-11-9-23(10-12-25)20-30-18-14-28(15-19-30)26(34)31(21-24-8-4-5-16-29-24)27(35)32(28)17-13-22-6-2-1-3-7-22/h1-12,16,33H,13-15,17-21H2. The zero-order valence-electron chi connectivity index (χ0n) is 19.7. The van der Waals surface area contributed by atoms with E-state index in [2.05, 4.69) is 22.0 Å². The predicted molar refractivity (Wildman–Crippen MR) is 132 cm³/mol. The van der Waals surface area contributed by atoms with E-state index in [1.807, 2.05) is 53.4 Å². The smallest absolute Gasteiger partial charge is 0.328 e. The fourth-order valence-electron chi connectivity index (χ4n) is 5.20. The average molecular weight is 471 g/mol. The minimum Gasteiger partial charge on any atom is -0.508 e. The van der Waals surface area contributed by atoms with Crippen molar-refractivity contribution in [2.24, 2.45) is 0 Å². The Morgan fingerprint density at radius 1 is 0.829 bits per heavy atom. The molecule has 5 rings (SSSR count). The quantitative estimate of drug-likeness (QED) is 0.531. The van der Waals surface area contributed by atoms with E-state index in [0.29, 0.717) is 31.5 Å². The first-order valence-electron chi connectivity index (χ1n) is 12.1. The van der Waals surface area contributed by atoms with Crippen molar-refractivity contribution < 1.29 is 14.7 Å². The van der Waals surface area contributed by atoms with Gasteiger partial charge in [0.2, 0.25) is 0 Å². The highest BCUT2D eigenvalue weighted by Gasteiger charge is 2.57. The molecule has 2 aromatic carbocycles. The molecule has 0 saturated carbocycles. The van der Waals surface area contributed by atoms with Crippen molar-refractivity contribution in [1.29, 1.82) is 0 Å². The molecule has 180 valence electrons. The first-order chi connectivity index (χ1) is 17.0. The van der Waals surface area contributed by atoms with Crippen LogP contribution < -0.4 is 0 Å². The number of benzene rings is 2. The number of phenols is 1. The number of likely N-dealkylation sites (tertiary alicyclic amines) is 1. The molecule has 35 heavy (non-hydrogen) atoms. The van der Waals surface area contributed by atoms with E-state index in [0.717, 1.165) is 30.8 Å². The third-order valence-electron chi connectivity index (χ3n) is 7.16. The van der Waals surface area contributed by atoms with Crippen LogP contribution in [0.5, 0.6) is 5.75 Å². The van der Waals surface area contributed by atoms with Gasteiger partial charge in [-0.05, 0) is 54.7 Å². The van der Waals surface area contributed by atoms with Crippen molar-refractivity contribution in [2.45, 2.75) is 37.9 Å². The van der Waals surface area contributed by atoms with Crippen LogP contribution in [0.25, 0.3) is 0 Å². The molecule has 2 aliphatic heterocycles. The molecule has 1 N–H and O–H groups in total. The van der Waals surface area contributed by atoms with Gasteiger partial charge in [-0.2, -0.15) is 0 Å². The topological polar surface area (TPSA) is 77.0 Å². The number of hydrogen-bond donors (Lipinski definition) is 1. The van der Waals surface area contributed by atoms with Crippen molar-refractivity contribution in [1.82, 2.24) is 19.7 Å². The summed E-state index contributed by atoms with van der Waals surface area (Å²) in [5.74, 6) is 0.147. The lowest BCUT2D eigenvalue weighted by Gasteiger charge is -2.42. The molecule has 0 aliphatic carbocycles. The van der Waals surface area contributed by atoms with Crippen molar-refractivity contribution in [2.75, 3.05) is 19.6 Å². The van der Waals surface area contributed by atoms with Crippen LogP contribution in [0.1, 0.15) is 29.7 Å². The molecule has 1 aromatic heterocycles. The molecular formula is C28H30N4O3. The van der Waals surface area contributed by atoms with Gasteiger partial charge < -0.3 is 10.0 Å². The molecule has 0 atom stereocenters. The van der Waals surface area contributed by atoms with Gasteiger partial charge in [0.1, 0.15) is 11.3 Å². The summed E-state index contributed by atoms with van der Waals surface area (Å²) in [6, 6.07) is 22.7. The van der Waals surface area contributed by atoms with E-state index in [4.69, 9.17) is 0 Å². The van der Waals surface area contributed by atoms with Gasteiger partial charge in [-0.1, -0.05) is 48.5 Å². The van der Waals surface area contributed by atoms with E-state index in [1.165, 1.54) is 4.90 Å². The fourth-order valence-corrected chi connectivity index (χ4v) is 5.20. The number of aromatic nitrogens is 1. The number of amides is 3. The summed E-state index contributed by atoms with van der Waals surface area (Å²) in [7, 11) is 0. The van der Waals surface area contributed by atoms with E-state index in [-0.39, 0.29) is 24.2 Å². The lowest BCUT2D eigenvalue weighted by molar-refractivity contribution is -0.136. The monoisotopic (exact) mass is 470 g/mol. The maximum absolute atomic E-state index is 13.8. The highest BCUT2D eigenvalue weighted by molar-refractivity contribution is 6.07. The second kappa shape index (κ2) is 9.88. The number of aromatic hydroxyl groups is 1. The van der Waals surface area contributed by atoms with E-state index in [9.17, 15) is 14.7 Å². The molecule has 3 aromatic rings. The second-order valence-corrected chi connectivity index (χ2v) is 9.36. The van der Waals surface area contributed by atoms with Gasteiger partial charge >= 0.3 is 6.03 Å². The number of imide groups is 1. The molecule has 7 heteroatoms. The van der Waals surface area contributed by atoms with Crippen LogP contribution in [0.2, 0.25) is 0 Å². The van der Waals surface area contributed by atoms with Gasteiger partial charge in [0.05, 0.1) is 12.2 Å². The Labute approximate surface area is 205 Å². The van der Waals surface area contributed by atoms with Crippen LogP contribution in [0, 0.1) is 0 Å². The van der Waals surface area contributed by atoms with Crippen LogP contribution in [-0.4, -0.2) is 61.9 Å². The van der Waals surface area contributed by atoms with Gasteiger partial charge in [-0.15, -0.1) is 0 Å². The maximum Gasteiger partial charge on any atom is 0.328 e. The lowest BCUT2D eigenvalue weighted by atomic mass is 9.85. The SMILES string of the molecule is O=C1N(Cc2ccccn2)C(=O)C2(CCN(Cc3ccc(O)cc3)CC2)N1CCc1ccccc1. The number of rotatable bonds is 7.